The summed E-state index contributed by atoms with van der Waals surface area (Å²) in [6.07, 6.45) is 1.68. The molecule has 1 amide bonds. The smallest absolute Gasteiger partial charge is 0.265 e. The van der Waals surface area contributed by atoms with E-state index < -0.39 is 0 Å². The van der Waals surface area contributed by atoms with Gasteiger partial charge in [-0.25, -0.2) is 0 Å². The summed E-state index contributed by atoms with van der Waals surface area (Å²) < 4.78 is 5.09. The highest BCUT2D eigenvalue weighted by molar-refractivity contribution is 7.12. The van der Waals surface area contributed by atoms with E-state index in [0.29, 0.717) is 27.5 Å². The number of nitrogen functional groups attached to an aromatic ring is 1. The summed E-state index contributed by atoms with van der Waals surface area (Å²) in [5.74, 6) is 0.493. The number of ether oxygens (including phenoxy) is 1. The van der Waals surface area contributed by atoms with Gasteiger partial charge in [0.1, 0.15) is 5.75 Å². The van der Waals surface area contributed by atoms with Crippen LogP contribution < -0.4 is 15.8 Å². The fourth-order valence-corrected chi connectivity index (χ4v) is 2.78. The lowest BCUT2D eigenvalue weighted by atomic mass is 10.1. The number of nitrogens with two attached hydrogens (primary N) is 1. The van der Waals surface area contributed by atoms with Crippen LogP contribution in [0, 0.1) is 0 Å². The van der Waals surface area contributed by atoms with Gasteiger partial charge < -0.3 is 15.8 Å². The summed E-state index contributed by atoms with van der Waals surface area (Å²) in [6, 6.07) is 8.91. The zero-order valence-corrected chi connectivity index (χ0v) is 12.1. The minimum Gasteiger partial charge on any atom is -0.496 e. The van der Waals surface area contributed by atoms with Gasteiger partial charge in [-0.05, 0) is 24.3 Å². The second-order valence-electron chi connectivity index (χ2n) is 4.41. The molecule has 6 heteroatoms. The molecule has 1 aromatic carbocycles. The molecular weight excluding hydrogens is 286 g/mol. The average molecular weight is 299 g/mol. The maximum Gasteiger partial charge on any atom is 0.265 e. The van der Waals surface area contributed by atoms with Gasteiger partial charge in [0.15, 0.2) is 0 Å². The Labute approximate surface area is 125 Å². The Morgan fingerprint density at radius 3 is 3.00 bits per heavy atom. The first-order valence-electron chi connectivity index (χ1n) is 6.26. The Balaban J connectivity index is 1.95. The molecule has 5 nitrogen and oxygen atoms in total. The lowest BCUT2D eigenvalue weighted by molar-refractivity contribution is 0.103. The third kappa shape index (κ3) is 2.53. The van der Waals surface area contributed by atoms with Crippen LogP contribution in [0.3, 0.4) is 0 Å². The van der Waals surface area contributed by atoms with Crippen LogP contribution in [-0.2, 0) is 0 Å². The van der Waals surface area contributed by atoms with Crippen LogP contribution in [0.2, 0.25) is 0 Å². The molecule has 106 valence electrons. The minimum atomic E-state index is -0.182. The number of fused-ring (bicyclic) bond motifs is 1. The standard InChI is InChI=1S/C15H13N3O2S/c1-20-9-7-13(21-8-9)15(19)18-12-5-4-11(16)14-10(12)3-2-6-17-14/h2-8H,16H2,1H3,(H,18,19). The van der Waals surface area contributed by atoms with Crippen LogP contribution in [0.5, 0.6) is 5.75 Å². The fraction of sp³-hybridized carbons (Fsp3) is 0.0667. The van der Waals surface area contributed by atoms with Crippen molar-refractivity contribution < 1.29 is 9.53 Å². The van der Waals surface area contributed by atoms with E-state index in [-0.39, 0.29) is 5.91 Å². The molecule has 0 saturated heterocycles. The van der Waals surface area contributed by atoms with Crippen LogP contribution in [0.1, 0.15) is 9.67 Å². The van der Waals surface area contributed by atoms with Crippen molar-refractivity contribution in [2.75, 3.05) is 18.2 Å². The summed E-state index contributed by atoms with van der Waals surface area (Å²) in [5, 5.41) is 5.49. The third-order valence-electron chi connectivity index (χ3n) is 3.08. The van der Waals surface area contributed by atoms with Crippen LogP contribution >= 0.6 is 11.3 Å². The van der Waals surface area contributed by atoms with Gasteiger partial charge >= 0.3 is 0 Å². The number of nitrogens with zero attached hydrogens (tertiary/aromatic N) is 1. The number of pyridine rings is 1. The fourth-order valence-electron chi connectivity index (χ4n) is 2.03. The van der Waals surface area contributed by atoms with Crippen molar-refractivity contribution in [2.45, 2.75) is 0 Å². The Bertz CT molecular complexity index is 814. The number of thiophene rings is 1. The van der Waals surface area contributed by atoms with Crippen molar-refractivity contribution in [1.82, 2.24) is 4.98 Å². The van der Waals surface area contributed by atoms with E-state index in [2.05, 4.69) is 10.3 Å². The molecule has 3 N–H and O–H groups in total. The molecule has 2 aromatic heterocycles. The first-order chi connectivity index (χ1) is 10.2. The molecule has 2 heterocycles. The van der Waals surface area contributed by atoms with Gasteiger partial charge in [-0.2, -0.15) is 0 Å². The van der Waals surface area contributed by atoms with Gasteiger partial charge in [0.2, 0.25) is 0 Å². The van der Waals surface area contributed by atoms with Gasteiger partial charge in [-0.3, -0.25) is 9.78 Å². The van der Waals surface area contributed by atoms with E-state index in [1.54, 1.807) is 36.9 Å². The molecule has 0 atom stereocenters. The molecule has 0 radical (unpaired) electrons. The number of hydrogen-bond acceptors (Lipinski definition) is 5. The monoisotopic (exact) mass is 299 g/mol. The molecule has 0 fully saturated rings. The molecule has 21 heavy (non-hydrogen) atoms. The SMILES string of the molecule is COc1csc(C(=O)Nc2ccc(N)c3ncccc23)c1. The van der Waals surface area contributed by atoms with Gasteiger partial charge in [-0.15, -0.1) is 11.3 Å². The Kier molecular flexibility index (Phi) is 3.45. The molecule has 0 unspecified atom stereocenters. The number of anilines is 2. The van der Waals surface area contributed by atoms with Crippen LogP contribution in [0.4, 0.5) is 11.4 Å². The van der Waals surface area contributed by atoms with Crippen LogP contribution in [0.15, 0.2) is 41.9 Å². The number of hydrogen-bond donors (Lipinski definition) is 2. The van der Waals surface area contributed by atoms with E-state index >= 15 is 0 Å². The zero-order valence-electron chi connectivity index (χ0n) is 11.3. The third-order valence-corrected chi connectivity index (χ3v) is 3.99. The molecule has 0 aliphatic heterocycles. The summed E-state index contributed by atoms with van der Waals surface area (Å²) in [6.45, 7) is 0. The van der Waals surface area contributed by atoms with Crippen molar-refractivity contribution >= 4 is 39.5 Å². The summed E-state index contributed by atoms with van der Waals surface area (Å²) in [7, 11) is 1.57. The predicted molar refractivity (Wildman–Crippen MR) is 85.0 cm³/mol. The largest absolute Gasteiger partial charge is 0.496 e. The molecule has 0 bridgehead atoms. The number of amides is 1. The van der Waals surface area contributed by atoms with E-state index in [0.717, 1.165) is 5.39 Å². The van der Waals surface area contributed by atoms with E-state index in [9.17, 15) is 4.79 Å². The van der Waals surface area contributed by atoms with E-state index in [4.69, 9.17) is 10.5 Å². The number of aromatic nitrogens is 1. The minimum absolute atomic E-state index is 0.182. The second kappa shape index (κ2) is 5.41. The summed E-state index contributed by atoms with van der Waals surface area (Å²) >= 11 is 1.33. The Hall–Kier alpha value is -2.60. The molecule has 0 spiro atoms. The number of carbonyl (C=O) groups excluding carboxylic acids is 1. The van der Waals surface area contributed by atoms with Crippen molar-refractivity contribution in [3.8, 4) is 5.75 Å². The maximum atomic E-state index is 12.3. The lowest BCUT2D eigenvalue weighted by Gasteiger charge is -2.09. The molecule has 0 aliphatic rings. The Morgan fingerprint density at radius 2 is 2.24 bits per heavy atom. The Morgan fingerprint density at radius 1 is 1.38 bits per heavy atom. The van der Waals surface area contributed by atoms with Gasteiger partial charge in [-0.1, -0.05) is 0 Å². The normalized spacial score (nSPS) is 10.5. The summed E-state index contributed by atoms with van der Waals surface area (Å²) in [5.41, 5.74) is 7.85. The highest BCUT2D eigenvalue weighted by Gasteiger charge is 2.12. The van der Waals surface area contributed by atoms with E-state index in [1.165, 1.54) is 11.3 Å². The van der Waals surface area contributed by atoms with Crippen LogP contribution in [-0.4, -0.2) is 18.0 Å². The van der Waals surface area contributed by atoms with Crippen LogP contribution in [0.25, 0.3) is 10.9 Å². The molecule has 0 saturated carbocycles. The van der Waals surface area contributed by atoms with Gasteiger partial charge in [0.25, 0.3) is 5.91 Å². The van der Waals surface area contributed by atoms with Crippen molar-refractivity contribution in [1.29, 1.82) is 0 Å². The van der Waals surface area contributed by atoms with E-state index in [1.807, 2.05) is 12.1 Å². The molecule has 3 rings (SSSR count). The lowest BCUT2D eigenvalue weighted by Crippen LogP contribution is -2.10. The van der Waals surface area contributed by atoms with Crippen molar-refractivity contribution in [3.05, 3.63) is 46.8 Å². The molecular formula is C15H13N3O2S. The number of carbonyl (C=O) groups is 1. The summed E-state index contributed by atoms with van der Waals surface area (Å²) in [4.78, 5) is 17.1. The van der Waals surface area contributed by atoms with Gasteiger partial charge in [0.05, 0.1) is 28.9 Å². The average Bonchev–Trinajstić information content (AvgIpc) is 2.99. The number of methoxy groups -OCH3 is 1. The zero-order chi connectivity index (χ0) is 14.8. The number of benzene rings is 1. The molecule has 3 aromatic rings. The highest BCUT2D eigenvalue weighted by Crippen LogP contribution is 2.28. The topological polar surface area (TPSA) is 77.2 Å². The highest BCUT2D eigenvalue weighted by atomic mass is 32.1. The van der Waals surface area contributed by atoms with Crippen molar-refractivity contribution in [2.24, 2.45) is 0 Å². The maximum absolute atomic E-state index is 12.3. The van der Waals surface area contributed by atoms with Crippen molar-refractivity contribution in [3.63, 3.8) is 0 Å². The molecule has 0 aliphatic carbocycles. The second-order valence-corrected chi connectivity index (χ2v) is 5.32. The van der Waals surface area contributed by atoms with Gasteiger partial charge in [0, 0.05) is 23.0 Å². The quantitative estimate of drug-likeness (QED) is 0.728. The number of nitrogens with one attached hydrogen (secondary N) is 1. The first kappa shape index (κ1) is 13.4. The first-order valence-corrected chi connectivity index (χ1v) is 7.14. The predicted octanol–water partition coefficient (Wildman–Crippen LogP) is 3.14. The number of rotatable bonds is 3.